The Bertz CT molecular complexity index is 687. The van der Waals surface area contributed by atoms with E-state index in [2.05, 4.69) is 10.3 Å². The molecule has 0 aliphatic rings. The first-order valence-electron chi connectivity index (χ1n) is 5.49. The molecule has 20 heavy (non-hydrogen) atoms. The Morgan fingerprint density at radius 3 is 2.75 bits per heavy atom. The van der Waals surface area contributed by atoms with E-state index in [1.54, 1.807) is 6.07 Å². The third-order valence-corrected chi connectivity index (χ3v) is 2.51. The molecule has 8 heteroatoms. The van der Waals surface area contributed by atoms with Crippen LogP contribution < -0.4 is 11.1 Å². The zero-order valence-corrected chi connectivity index (χ0v) is 10.1. The second kappa shape index (κ2) is 5.22. The number of aromatic nitrogens is 1. The van der Waals surface area contributed by atoms with Crippen molar-refractivity contribution in [2.24, 2.45) is 0 Å². The van der Waals surface area contributed by atoms with E-state index in [9.17, 15) is 20.0 Å². The van der Waals surface area contributed by atoms with Crippen LogP contribution in [0.1, 0.15) is 10.5 Å². The molecule has 0 spiro atoms. The fourth-order valence-electron chi connectivity index (χ4n) is 1.59. The molecule has 0 aliphatic carbocycles. The molecule has 8 nitrogen and oxygen atoms in total. The van der Waals surface area contributed by atoms with Gasteiger partial charge in [0.1, 0.15) is 5.75 Å². The summed E-state index contributed by atoms with van der Waals surface area (Å²) in [5.41, 5.74) is 4.92. The van der Waals surface area contributed by atoms with E-state index in [-0.39, 0.29) is 17.1 Å². The summed E-state index contributed by atoms with van der Waals surface area (Å²) in [6.45, 7) is 0. The molecule has 1 heterocycles. The number of carbonyl (C=O) groups excluding carboxylic acids is 1. The first-order chi connectivity index (χ1) is 9.50. The zero-order valence-electron chi connectivity index (χ0n) is 10.1. The number of aromatic hydroxyl groups is 1. The number of nitrogens with one attached hydrogen (secondary N) is 1. The van der Waals surface area contributed by atoms with Crippen LogP contribution in [0.25, 0.3) is 0 Å². The monoisotopic (exact) mass is 274 g/mol. The van der Waals surface area contributed by atoms with Gasteiger partial charge in [0, 0.05) is 12.3 Å². The highest BCUT2D eigenvalue weighted by atomic mass is 16.6. The molecule has 2 aromatic rings. The number of phenols is 1. The van der Waals surface area contributed by atoms with Gasteiger partial charge in [-0.2, -0.15) is 0 Å². The number of nitro groups is 1. The van der Waals surface area contributed by atoms with Gasteiger partial charge >= 0.3 is 0 Å². The van der Waals surface area contributed by atoms with Crippen molar-refractivity contribution in [2.45, 2.75) is 0 Å². The molecule has 2 rings (SSSR count). The van der Waals surface area contributed by atoms with Crippen molar-refractivity contribution < 1.29 is 14.8 Å². The minimum atomic E-state index is -0.743. The summed E-state index contributed by atoms with van der Waals surface area (Å²) in [6, 6.07) is 6.72. The molecule has 1 aromatic carbocycles. The standard InChI is InChI=1S/C12H10N4O4/c13-7-3-2-6-14-10(7)12(18)15-11-8(16(19)20)4-1-5-9(11)17/h1-6,17H,13H2,(H,15,18). The van der Waals surface area contributed by atoms with E-state index in [0.717, 1.165) is 6.07 Å². The van der Waals surface area contributed by atoms with Crippen molar-refractivity contribution in [1.29, 1.82) is 0 Å². The predicted molar refractivity (Wildman–Crippen MR) is 71.4 cm³/mol. The van der Waals surface area contributed by atoms with Crippen LogP contribution in [0.15, 0.2) is 36.5 Å². The number of nitrogens with two attached hydrogens (primary N) is 1. The topological polar surface area (TPSA) is 131 Å². The van der Waals surface area contributed by atoms with E-state index in [4.69, 9.17) is 5.73 Å². The first-order valence-corrected chi connectivity index (χ1v) is 5.49. The number of phenolic OH excluding ortho intramolecular Hbond substituents is 1. The molecule has 1 amide bonds. The summed E-state index contributed by atoms with van der Waals surface area (Å²) < 4.78 is 0. The molecule has 0 unspecified atom stereocenters. The number of anilines is 2. The molecule has 102 valence electrons. The molecule has 0 atom stereocenters. The molecule has 0 aliphatic heterocycles. The van der Waals surface area contributed by atoms with Crippen molar-refractivity contribution in [1.82, 2.24) is 4.98 Å². The van der Waals surface area contributed by atoms with Crippen LogP contribution >= 0.6 is 0 Å². The van der Waals surface area contributed by atoms with Gasteiger partial charge in [0.2, 0.25) is 0 Å². The summed E-state index contributed by atoms with van der Waals surface area (Å²) >= 11 is 0. The van der Waals surface area contributed by atoms with Crippen molar-refractivity contribution in [3.05, 3.63) is 52.3 Å². The maximum absolute atomic E-state index is 12.0. The normalized spacial score (nSPS) is 10.0. The Hall–Kier alpha value is -3.16. The van der Waals surface area contributed by atoms with Gasteiger partial charge in [0.05, 0.1) is 10.6 Å². The highest BCUT2D eigenvalue weighted by Crippen LogP contribution is 2.33. The van der Waals surface area contributed by atoms with Crippen LogP contribution in [0, 0.1) is 10.1 Å². The number of benzene rings is 1. The number of carbonyl (C=O) groups is 1. The van der Waals surface area contributed by atoms with Crippen molar-refractivity contribution in [3.63, 3.8) is 0 Å². The van der Waals surface area contributed by atoms with Gasteiger partial charge in [0.15, 0.2) is 11.4 Å². The van der Waals surface area contributed by atoms with Gasteiger partial charge in [-0.15, -0.1) is 0 Å². The average molecular weight is 274 g/mol. The molecule has 4 N–H and O–H groups in total. The summed E-state index contributed by atoms with van der Waals surface area (Å²) in [4.78, 5) is 25.9. The molecule has 0 saturated heterocycles. The minimum Gasteiger partial charge on any atom is -0.505 e. The van der Waals surface area contributed by atoms with Crippen molar-refractivity contribution in [3.8, 4) is 5.75 Å². The second-order valence-electron chi connectivity index (χ2n) is 3.82. The second-order valence-corrected chi connectivity index (χ2v) is 3.82. The summed E-state index contributed by atoms with van der Waals surface area (Å²) in [6.07, 6.45) is 1.37. The number of nitrogens with zero attached hydrogens (tertiary/aromatic N) is 2. The van der Waals surface area contributed by atoms with Crippen LogP contribution in [0.4, 0.5) is 17.1 Å². The van der Waals surface area contributed by atoms with E-state index in [1.807, 2.05) is 0 Å². The van der Waals surface area contributed by atoms with Crippen LogP contribution in [0.5, 0.6) is 5.75 Å². The fraction of sp³-hybridized carbons (Fsp3) is 0. The zero-order chi connectivity index (χ0) is 14.7. The maximum atomic E-state index is 12.0. The Morgan fingerprint density at radius 2 is 2.10 bits per heavy atom. The van der Waals surface area contributed by atoms with Crippen LogP contribution in [0.2, 0.25) is 0 Å². The molecule has 1 aromatic heterocycles. The Balaban J connectivity index is 2.38. The smallest absolute Gasteiger partial charge is 0.296 e. The number of rotatable bonds is 3. The van der Waals surface area contributed by atoms with E-state index < -0.39 is 22.3 Å². The molecular formula is C12H10N4O4. The number of nitrogen functional groups attached to an aromatic ring is 1. The quantitative estimate of drug-likeness (QED) is 0.441. The fourth-order valence-corrected chi connectivity index (χ4v) is 1.59. The number of hydrogen-bond acceptors (Lipinski definition) is 6. The lowest BCUT2D eigenvalue weighted by atomic mass is 10.2. The van der Waals surface area contributed by atoms with Crippen LogP contribution in [-0.2, 0) is 0 Å². The number of hydrogen-bond donors (Lipinski definition) is 3. The number of nitro benzene ring substituents is 1. The van der Waals surface area contributed by atoms with Gasteiger partial charge in [-0.3, -0.25) is 14.9 Å². The molecule has 0 saturated carbocycles. The van der Waals surface area contributed by atoms with Gasteiger partial charge in [-0.1, -0.05) is 6.07 Å². The van der Waals surface area contributed by atoms with Crippen molar-refractivity contribution >= 4 is 23.0 Å². The predicted octanol–water partition coefficient (Wildman–Crippen LogP) is 1.53. The summed E-state index contributed by atoms with van der Waals surface area (Å²) in [7, 11) is 0. The Labute approximate surface area is 113 Å². The van der Waals surface area contributed by atoms with E-state index in [1.165, 1.54) is 24.4 Å². The summed E-state index contributed by atoms with van der Waals surface area (Å²) in [5, 5.41) is 22.7. The number of para-hydroxylation sites is 1. The molecule has 0 bridgehead atoms. The Kier molecular flexibility index (Phi) is 3.47. The van der Waals surface area contributed by atoms with E-state index in [0.29, 0.717) is 0 Å². The number of amides is 1. The molecule has 0 fully saturated rings. The summed E-state index contributed by atoms with van der Waals surface area (Å²) in [5.74, 6) is -1.16. The lowest BCUT2D eigenvalue weighted by molar-refractivity contribution is -0.384. The van der Waals surface area contributed by atoms with Gasteiger partial charge in [0.25, 0.3) is 11.6 Å². The SMILES string of the molecule is Nc1cccnc1C(=O)Nc1c(O)cccc1[N+](=O)[O-]. The molecular weight excluding hydrogens is 264 g/mol. The highest BCUT2D eigenvalue weighted by molar-refractivity contribution is 6.07. The van der Waals surface area contributed by atoms with Crippen LogP contribution in [-0.4, -0.2) is 20.9 Å². The van der Waals surface area contributed by atoms with E-state index >= 15 is 0 Å². The van der Waals surface area contributed by atoms with Gasteiger partial charge in [-0.25, -0.2) is 4.98 Å². The third kappa shape index (κ3) is 2.48. The lowest BCUT2D eigenvalue weighted by Gasteiger charge is -2.08. The van der Waals surface area contributed by atoms with Gasteiger partial charge in [-0.05, 0) is 18.2 Å². The van der Waals surface area contributed by atoms with Gasteiger partial charge < -0.3 is 16.2 Å². The molecule has 0 radical (unpaired) electrons. The van der Waals surface area contributed by atoms with Crippen molar-refractivity contribution in [2.75, 3.05) is 11.1 Å². The minimum absolute atomic E-state index is 0.0787. The third-order valence-electron chi connectivity index (χ3n) is 2.51. The largest absolute Gasteiger partial charge is 0.505 e. The number of pyridine rings is 1. The average Bonchev–Trinajstić information content (AvgIpc) is 2.41. The maximum Gasteiger partial charge on any atom is 0.296 e. The Morgan fingerprint density at radius 1 is 1.35 bits per heavy atom. The van der Waals surface area contributed by atoms with Crippen LogP contribution in [0.3, 0.4) is 0 Å². The first kappa shape index (κ1) is 13.3. The lowest BCUT2D eigenvalue weighted by Crippen LogP contribution is -2.16. The highest BCUT2D eigenvalue weighted by Gasteiger charge is 2.21.